The van der Waals surface area contributed by atoms with E-state index in [1.807, 2.05) is 0 Å². The van der Waals surface area contributed by atoms with Crippen LogP contribution >= 0.6 is 0 Å². The van der Waals surface area contributed by atoms with Gasteiger partial charge in [-0.2, -0.15) is 0 Å². The van der Waals surface area contributed by atoms with Gasteiger partial charge in [-0.25, -0.2) is 0 Å². The van der Waals surface area contributed by atoms with Crippen molar-refractivity contribution in [2.75, 3.05) is 13.1 Å². The number of likely N-dealkylation sites (tertiary alicyclic amines) is 1. The Morgan fingerprint density at radius 2 is 1.94 bits per heavy atom. The summed E-state index contributed by atoms with van der Waals surface area (Å²) in [6.45, 7) is 2.05. The molecule has 1 unspecified atom stereocenters. The molecule has 182 valence electrons. The molecule has 5 aliphatic rings. The maximum Gasteiger partial charge on any atom is 0.166 e. The van der Waals surface area contributed by atoms with Gasteiger partial charge in [0.15, 0.2) is 17.6 Å². The largest absolute Gasteiger partial charge is 0.504 e. The van der Waals surface area contributed by atoms with Crippen molar-refractivity contribution in [3.05, 3.63) is 58.8 Å². The highest BCUT2D eigenvalue weighted by Crippen LogP contribution is 2.68. The number of rotatable bonds is 3. The first kappa shape index (κ1) is 20.7. The molecule has 1 spiro atoms. The molecule has 5 nitrogen and oxygen atoms in total. The zero-order chi connectivity index (χ0) is 23.4. The average Bonchev–Trinajstić information content (AvgIpc) is 3.41. The van der Waals surface area contributed by atoms with Crippen LogP contribution in [0.5, 0.6) is 11.5 Å². The average molecular weight is 471 g/mol. The van der Waals surface area contributed by atoms with E-state index in [-0.39, 0.29) is 17.9 Å². The second-order valence-corrected chi connectivity index (χ2v) is 11.9. The number of nitrogens with zero attached hydrogens (tertiary/aromatic N) is 1. The molecule has 1 saturated heterocycles. The topological polar surface area (TPSA) is 68.7 Å². The Morgan fingerprint density at radius 1 is 1.09 bits per heavy atom. The fourth-order valence-electron chi connectivity index (χ4n) is 8.82. The first-order chi connectivity index (χ1) is 17.1. The number of phenolic OH excluding ortho intramolecular Hbond substituents is 1. The fraction of sp³-hybridized carbons (Fsp3) is 0.533. The van der Waals surface area contributed by atoms with E-state index in [0.717, 1.165) is 48.6 Å². The van der Waals surface area contributed by atoms with Crippen LogP contribution in [0.1, 0.15) is 73.4 Å². The van der Waals surface area contributed by atoms with Gasteiger partial charge in [-0.3, -0.25) is 4.90 Å². The minimum atomic E-state index is -0.924. The molecule has 8 rings (SSSR count). The van der Waals surface area contributed by atoms with Gasteiger partial charge in [-0.1, -0.05) is 56.4 Å². The lowest BCUT2D eigenvalue weighted by Gasteiger charge is -2.62. The third kappa shape index (κ3) is 2.51. The van der Waals surface area contributed by atoms with E-state index in [9.17, 15) is 10.2 Å². The summed E-state index contributed by atoms with van der Waals surface area (Å²) in [7, 11) is 0. The number of aromatic hydroxyl groups is 1. The number of aliphatic hydroxyl groups is 1. The summed E-state index contributed by atoms with van der Waals surface area (Å²) in [5, 5.41) is 24.9. The molecule has 4 atom stereocenters. The number of phenols is 1. The van der Waals surface area contributed by atoms with Crippen LogP contribution in [0, 0.1) is 5.92 Å². The maximum atomic E-state index is 12.9. The summed E-state index contributed by atoms with van der Waals surface area (Å²) in [5.41, 5.74) is 4.27. The van der Waals surface area contributed by atoms with Crippen LogP contribution in [0.2, 0.25) is 0 Å². The van der Waals surface area contributed by atoms with Gasteiger partial charge in [0.1, 0.15) is 0 Å². The molecule has 3 aliphatic carbocycles. The lowest BCUT2D eigenvalue weighted by atomic mass is 9.49. The van der Waals surface area contributed by atoms with Crippen LogP contribution in [-0.4, -0.2) is 44.8 Å². The van der Waals surface area contributed by atoms with Crippen molar-refractivity contribution in [1.82, 2.24) is 9.88 Å². The number of nitrogens with one attached hydrogen (secondary N) is 1. The summed E-state index contributed by atoms with van der Waals surface area (Å²) < 4.78 is 6.66. The summed E-state index contributed by atoms with van der Waals surface area (Å²) in [6.07, 6.45) is 10.1. The highest BCUT2D eigenvalue weighted by atomic mass is 16.5. The number of para-hydroxylation sites is 1. The van der Waals surface area contributed by atoms with E-state index < -0.39 is 11.0 Å². The Hall–Kier alpha value is -2.50. The van der Waals surface area contributed by atoms with Gasteiger partial charge in [-0.05, 0) is 61.5 Å². The minimum absolute atomic E-state index is 0.0655. The Bertz CT molecular complexity index is 1340. The summed E-state index contributed by atoms with van der Waals surface area (Å²) in [5.74, 6) is 1.64. The third-order valence-electron chi connectivity index (χ3n) is 10.4. The van der Waals surface area contributed by atoms with Crippen molar-refractivity contribution in [3.63, 3.8) is 0 Å². The molecule has 5 heteroatoms. The number of aromatic nitrogens is 1. The molecule has 35 heavy (non-hydrogen) atoms. The Kier molecular flexibility index (Phi) is 4.16. The Morgan fingerprint density at radius 3 is 2.83 bits per heavy atom. The van der Waals surface area contributed by atoms with E-state index in [1.54, 1.807) is 6.07 Å². The lowest BCUT2D eigenvalue weighted by Crippen LogP contribution is -2.74. The van der Waals surface area contributed by atoms with E-state index in [2.05, 4.69) is 40.2 Å². The Balaban J connectivity index is 1.28. The van der Waals surface area contributed by atoms with Crippen LogP contribution in [-0.2, 0) is 18.3 Å². The number of benzene rings is 2. The highest BCUT2D eigenvalue weighted by Gasteiger charge is 2.72. The molecule has 3 heterocycles. The molecular weight excluding hydrogens is 436 g/mol. The number of fused-ring (bicyclic) bond motifs is 4. The van der Waals surface area contributed by atoms with Crippen molar-refractivity contribution in [2.24, 2.45) is 5.92 Å². The Labute approximate surface area is 206 Å². The van der Waals surface area contributed by atoms with Crippen molar-refractivity contribution in [3.8, 4) is 11.5 Å². The first-order valence-corrected chi connectivity index (χ1v) is 13.7. The lowest BCUT2D eigenvalue weighted by molar-refractivity contribution is -0.173. The van der Waals surface area contributed by atoms with Crippen LogP contribution in [0.4, 0.5) is 0 Å². The third-order valence-corrected chi connectivity index (χ3v) is 10.4. The molecule has 3 N–H and O–H groups in total. The standard InChI is InChI=1S/C30H34N2O3/c33-23-11-10-19-16-24-30(34)17-21-20-8-4-5-9-22(20)31-26(21)28-29(30,25(19)27(23)35-28)13-15-32(24)14-12-18-6-2-1-3-7-18/h4-5,8-11,18,24,28,31,33-34H,1-3,6-7,12-17H2/t24?,28-,29-,30+/m0/s1. The molecule has 3 aromatic rings. The van der Waals surface area contributed by atoms with Gasteiger partial charge in [0.25, 0.3) is 0 Å². The zero-order valence-electron chi connectivity index (χ0n) is 20.2. The van der Waals surface area contributed by atoms with E-state index in [1.165, 1.54) is 55.0 Å². The molecule has 0 radical (unpaired) electrons. The molecular formula is C30H34N2O3. The smallest absolute Gasteiger partial charge is 0.166 e. The van der Waals surface area contributed by atoms with Gasteiger partial charge in [-0.15, -0.1) is 0 Å². The number of hydrogen-bond donors (Lipinski definition) is 3. The second kappa shape index (κ2) is 7.04. The quantitative estimate of drug-likeness (QED) is 0.496. The summed E-state index contributed by atoms with van der Waals surface area (Å²) >= 11 is 0. The maximum absolute atomic E-state index is 12.9. The fourth-order valence-corrected chi connectivity index (χ4v) is 8.82. The van der Waals surface area contributed by atoms with Gasteiger partial charge in [0.05, 0.1) is 16.7 Å². The van der Waals surface area contributed by atoms with Crippen molar-refractivity contribution >= 4 is 10.9 Å². The van der Waals surface area contributed by atoms with Gasteiger partial charge in [0.2, 0.25) is 0 Å². The number of piperidine rings is 1. The molecule has 2 fully saturated rings. The highest BCUT2D eigenvalue weighted by molar-refractivity contribution is 5.86. The summed E-state index contributed by atoms with van der Waals surface area (Å²) in [4.78, 5) is 6.28. The van der Waals surface area contributed by atoms with E-state index in [0.29, 0.717) is 12.2 Å². The number of ether oxygens (including phenoxy) is 1. The molecule has 1 saturated carbocycles. The number of aromatic amines is 1. The predicted molar refractivity (Wildman–Crippen MR) is 135 cm³/mol. The molecule has 1 aromatic heterocycles. The van der Waals surface area contributed by atoms with Gasteiger partial charge in [0, 0.05) is 28.9 Å². The zero-order valence-corrected chi connectivity index (χ0v) is 20.2. The number of hydrogen-bond acceptors (Lipinski definition) is 4. The second-order valence-electron chi connectivity index (χ2n) is 11.9. The van der Waals surface area contributed by atoms with Crippen molar-refractivity contribution in [1.29, 1.82) is 0 Å². The van der Waals surface area contributed by atoms with Gasteiger partial charge >= 0.3 is 0 Å². The first-order valence-electron chi connectivity index (χ1n) is 13.7. The molecule has 2 aromatic carbocycles. The van der Waals surface area contributed by atoms with E-state index in [4.69, 9.17) is 4.74 Å². The number of H-pyrrole nitrogens is 1. The minimum Gasteiger partial charge on any atom is -0.504 e. The summed E-state index contributed by atoms with van der Waals surface area (Å²) in [6, 6.07) is 12.4. The van der Waals surface area contributed by atoms with Crippen LogP contribution < -0.4 is 4.74 Å². The predicted octanol–water partition coefficient (Wildman–Crippen LogP) is 5.13. The van der Waals surface area contributed by atoms with E-state index >= 15 is 0 Å². The normalized spacial score (nSPS) is 33.4. The molecule has 2 aliphatic heterocycles. The molecule has 0 amide bonds. The monoisotopic (exact) mass is 470 g/mol. The van der Waals surface area contributed by atoms with Crippen molar-refractivity contribution < 1.29 is 14.9 Å². The van der Waals surface area contributed by atoms with Crippen molar-refractivity contribution in [2.45, 2.75) is 80.9 Å². The molecule has 2 bridgehead atoms. The van der Waals surface area contributed by atoms with Crippen LogP contribution in [0.3, 0.4) is 0 Å². The van der Waals surface area contributed by atoms with Crippen LogP contribution in [0.25, 0.3) is 10.9 Å². The van der Waals surface area contributed by atoms with Crippen LogP contribution in [0.15, 0.2) is 36.4 Å². The SMILES string of the molecule is Oc1ccc2c3c1O[C@H]1c4[nH]c5ccccc5c4C[C@@]4(O)C(C2)N(CCC2CCCCC2)CC[C@]314. The van der Waals surface area contributed by atoms with Gasteiger partial charge < -0.3 is 19.9 Å².